The molecular weight excluding hydrogens is 216 g/mol. The van der Waals surface area contributed by atoms with E-state index >= 15 is 0 Å². The molecule has 2 saturated heterocycles. The predicted octanol–water partition coefficient (Wildman–Crippen LogP) is 0.554. The summed E-state index contributed by atoms with van der Waals surface area (Å²) >= 11 is 0. The fourth-order valence-electron chi connectivity index (χ4n) is 2.95. The van der Waals surface area contributed by atoms with Gasteiger partial charge < -0.3 is 9.84 Å². The van der Waals surface area contributed by atoms with Gasteiger partial charge in [0.25, 0.3) is 0 Å². The molecule has 0 aromatic heterocycles. The van der Waals surface area contributed by atoms with Crippen LogP contribution >= 0.6 is 0 Å². The minimum absolute atomic E-state index is 0.317. The zero-order valence-electron chi connectivity index (χ0n) is 11.2. The van der Waals surface area contributed by atoms with Crippen molar-refractivity contribution in [2.45, 2.75) is 38.4 Å². The van der Waals surface area contributed by atoms with E-state index in [0.29, 0.717) is 6.10 Å². The van der Waals surface area contributed by atoms with Crippen molar-refractivity contribution in [1.29, 1.82) is 0 Å². The molecule has 17 heavy (non-hydrogen) atoms. The molecule has 1 N–H and O–H groups in total. The summed E-state index contributed by atoms with van der Waals surface area (Å²) in [6.45, 7) is 11.1. The number of hydrogen-bond acceptors (Lipinski definition) is 4. The van der Waals surface area contributed by atoms with E-state index in [4.69, 9.17) is 4.74 Å². The Morgan fingerprint density at radius 1 is 1.35 bits per heavy atom. The van der Waals surface area contributed by atoms with Crippen LogP contribution in [0.25, 0.3) is 0 Å². The summed E-state index contributed by atoms with van der Waals surface area (Å²) in [7, 11) is 0. The zero-order chi connectivity index (χ0) is 12.3. The molecule has 4 nitrogen and oxygen atoms in total. The van der Waals surface area contributed by atoms with Gasteiger partial charge in [-0.1, -0.05) is 6.92 Å². The van der Waals surface area contributed by atoms with E-state index < -0.39 is 5.60 Å². The average Bonchev–Trinajstić information content (AvgIpc) is 2.28. The summed E-state index contributed by atoms with van der Waals surface area (Å²) in [6, 6.07) is 0. The van der Waals surface area contributed by atoms with Crippen LogP contribution in [0.1, 0.15) is 26.7 Å². The molecule has 0 amide bonds. The van der Waals surface area contributed by atoms with Crippen LogP contribution in [0, 0.1) is 0 Å². The highest BCUT2D eigenvalue weighted by Gasteiger charge is 2.30. The topological polar surface area (TPSA) is 35.9 Å². The van der Waals surface area contributed by atoms with E-state index in [1.807, 2.05) is 6.92 Å². The van der Waals surface area contributed by atoms with Crippen LogP contribution in [0.5, 0.6) is 0 Å². The summed E-state index contributed by atoms with van der Waals surface area (Å²) in [5.41, 5.74) is -0.503. The van der Waals surface area contributed by atoms with E-state index in [0.717, 1.165) is 58.7 Å². The molecular formula is C13H26N2O2. The molecule has 2 atom stereocenters. The molecule has 2 aliphatic rings. The van der Waals surface area contributed by atoms with Crippen LogP contribution in [-0.4, -0.2) is 72.5 Å². The maximum Gasteiger partial charge on any atom is 0.0829 e. The number of aliphatic hydroxyl groups is 1. The van der Waals surface area contributed by atoms with Crippen molar-refractivity contribution in [2.75, 3.05) is 45.9 Å². The molecule has 0 aromatic rings. The Kier molecular flexibility index (Phi) is 4.42. The number of ether oxygens (including phenoxy) is 1. The van der Waals surface area contributed by atoms with E-state index in [1.54, 1.807) is 0 Å². The first-order valence-corrected chi connectivity index (χ1v) is 6.88. The highest BCUT2D eigenvalue weighted by molar-refractivity contribution is 4.85. The Bertz CT molecular complexity index is 246. The molecule has 2 fully saturated rings. The first-order chi connectivity index (χ1) is 8.09. The van der Waals surface area contributed by atoms with Crippen molar-refractivity contribution >= 4 is 0 Å². The quantitative estimate of drug-likeness (QED) is 0.784. The summed E-state index contributed by atoms with van der Waals surface area (Å²) in [6.07, 6.45) is 2.34. The van der Waals surface area contributed by atoms with Crippen molar-refractivity contribution in [2.24, 2.45) is 0 Å². The molecule has 0 saturated carbocycles. The van der Waals surface area contributed by atoms with Crippen LogP contribution in [0.15, 0.2) is 0 Å². The average molecular weight is 242 g/mol. The van der Waals surface area contributed by atoms with Crippen molar-refractivity contribution in [1.82, 2.24) is 9.80 Å². The molecule has 2 heterocycles. The lowest BCUT2D eigenvalue weighted by Gasteiger charge is -2.40. The van der Waals surface area contributed by atoms with Crippen LogP contribution in [0.3, 0.4) is 0 Å². The Morgan fingerprint density at radius 2 is 2.18 bits per heavy atom. The van der Waals surface area contributed by atoms with E-state index in [2.05, 4.69) is 16.7 Å². The maximum absolute atomic E-state index is 10.1. The van der Waals surface area contributed by atoms with Gasteiger partial charge in [-0.3, -0.25) is 9.80 Å². The third-order valence-corrected chi connectivity index (χ3v) is 3.89. The lowest BCUT2D eigenvalue weighted by Crippen LogP contribution is -2.52. The maximum atomic E-state index is 10.1. The Hall–Kier alpha value is -0.160. The van der Waals surface area contributed by atoms with Gasteiger partial charge in [0.15, 0.2) is 0 Å². The number of likely N-dealkylation sites (N-methyl/N-ethyl adjacent to an activating group) is 1. The molecule has 2 aliphatic heterocycles. The van der Waals surface area contributed by atoms with Crippen LogP contribution in [0.2, 0.25) is 0 Å². The number of rotatable bonds is 3. The van der Waals surface area contributed by atoms with Gasteiger partial charge in [0.05, 0.1) is 18.3 Å². The summed E-state index contributed by atoms with van der Waals surface area (Å²) in [5.74, 6) is 0. The minimum Gasteiger partial charge on any atom is -0.389 e. The highest BCUT2D eigenvalue weighted by atomic mass is 16.5. The van der Waals surface area contributed by atoms with Gasteiger partial charge in [-0.15, -0.1) is 0 Å². The van der Waals surface area contributed by atoms with Gasteiger partial charge in [0.2, 0.25) is 0 Å². The molecule has 2 unspecified atom stereocenters. The Morgan fingerprint density at radius 3 is 2.88 bits per heavy atom. The van der Waals surface area contributed by atoms with E-state index in [9.17, 15) is 5.11 Å². The number of piperidine rings is 1. The van der Waals surface area contributed by atoms with Gasteiger partial charge >= 0.3 is 0 Å². The smallest absolute Gasteiger partial charge is 0.0829 e. The number of β-amino-alcohol motifs (C(OH)–C–C–N with tert-alkyl or cyclic N) is 1. The SMILES string of the molecule is CCN1CCOC(CN2CCCC(C)(O)C2)C1. The summed E-state index contributed by atoms with van der Waals surface area (Å²) in [5, 5.41) is 10.1. The number of hydrogen-bond donors (Lipinski definition) is 1. The molecule has 4 heteroatoms. The van der Waals surface area contributed by atoms with Crippen LogP contribution < -0.4 is 0 Å². The first kappa shape index (κ1) is 13.3. The van der Waals surface area contributed by atoms with Crippen molar-refractivity contribution in [3.05, 3.63) is 0 Å². The fraction of sp³-hybridized carbons (Fsp3) is 1.00. The minimum atomic E-state index is -0.503. The first-order valence-electron chi connectivity index (χ1n) is 6.88. The second kappa shape index (κ2) is 5.65. The molecule has 0 aromatic carbocycles. The van der Waals surface area contributed by atoms with Crippen molar-refractivity contribution in [3.8, 4) is 0 Å². The number of likely N-dealkylation sites (tertiary alicyclic amines) is 1. The number of morpholine rings is 1. The molecule has 0 aliphatic carbocycles. The van der Waals surface area contributed by atoms with Crippen LogP contribution in [-0.2, 0) is 4.74 Å². The molecule has 2 rings (SSSR count). The van der Waals surface area contributed by atoms with Gasteiger partial charge in [-0.2, -0.15) is 0 Å². The lowest BCUT2D eigenvalue weighted by molar-refractivity contribution is -0.0671. The molecule has 0 bridgehead atoms. The second-order valence-corrected chi connectivity index (χ2v) is 5.72. The Labute approximate surface area is 105 Å². The van der Waals surface area contributed by atoms with Gasteiger partial charge in [-0.25, -0.2) is 0 Å². The van der Waals surface area contributed by atoms with Gasteiger partial charge in [0.1, 0.15) is 0 Å². The van der Waals surface area contributed by atoms with E-state index in [-0.39, 0.29) is 0 Å². The standard InChI is InChI=1S/C13H26N2O2/c1-3-14-7-8-17-12(9-14)10-15-6-4-5-13(2,16)11-15/h12,16H,3-11H2,1-2H3. The van der Waals surface area contributed by atoms with Gasteiger partial charge in [-0.05, 0) is 32.9 Å². The normalized spacial score (nSPS) is 37.2. The van der Waals surface area contributed by atoms with Crippen molar-refractivity contribution in [3.63, 3.8) is 0 Å². The largest absolute Gasteiger partial charge is 0.389 e. The van der Waals surface area contributed by atoms with Crippen molar-refractivity contribution < 1.29 is 9.84 Å². The number of nitrogens with zero attached hydrogens (tertiary/aromatic N) is 2. The Balaban J connectivity index is 1.80. The molecule has 0 radical (unpaired) electrons. The summed E-state index contributed by atoms with van der Waals surface area (Å²) in [4.78, 5) is 4.80. The predicted molar refractivity (Wildman–Crippen MR) is 68.2 cm³/mol. The highest BCUT2D eigenvalue weighted by Crippen LogP contribution is 2.21. The van der Waals surface area contributed by atoms with Crippen LogP contribution in [0.4, 0.5) is 0 Å². The van der Waals surface area contributed by atoms with E-state index in [1.165, 1.54) is 0 Å². The monoisotopic (exact) mass is 242 g/mol. The zero-order valence-corrected chi connectivity index (χ0v) is 11.2. The molecule has 100 valence electrons. The fourth-order valence-corrected chi connectivity index (χ4v) is 2.95. The lowest BCUT2D eigenvalue weighted by atomic mass is 9.95. The molecule has 0 spiro atoms. The second-order valence-electron chi connectivity index (χ2n) is 5.72. The van der Waals surface area contributed by atoms with Gasteiger partial charge in [0, 0.05) is 26.2 Å². The third-order valence-electron chi connectivity index (χ3n) is 3.89. The summed E-state index contributed by atoms with van der Waals surface area (Å²) < 4.78 is 5.82. The third kappa shape index (κ3) is 3.91.